The molecule has 1 fully saturated rings. The minimum atomic E-state index is -0.497. The first-order chi connectivity index (χ1) is 9.63. The van der Waals surface area contributed by atoms with Gasteiger partial charge >= 0.3 is 0 Å². The molecule has 4 nitrogen and oxygen atoms in total. The second-order valence-electron chi connectivity index (χ2n) is 5.52. The Balaban J connectivity index is 2.34. The first-order valence-corrected chi connectivity index (χ1v) is 7.45. The van der Waals surface area contributed by atoms with Gasteiger partial charge in [-0.2, -0.15) is 0 Å². The number of hydrogen-bond acceptors (Lipinski definition) is 3. The smallest absolute Gasteiger partial charge is 0.236 e. The molecular formula is C16H24N2O2. The number of benzene rings is 1. The summed E-state index contributed by atoms with van der Waals surface area (Å²) in [6.45, 7) is 2.17. The van der Waals surface area contributed by atoms with Gasteiger partial charge in [0.15, 0.2) is 0 Å². The van der Waals surface area contributed by atoms with Crippen molar-refractivity contribution in [1.82, 2.24) is 0 Å². The zero-order chi connectivity index (χ0) is 14.5. The summed E-state index contributed by atoms with van der Waals surface area (Å²) < 4.78 is 0. The number of anilines is 1. The van der Waals surface area contributed by atoms with Crippen LogP contribution in [0.15, 0.2) is 24.3 Å². The van der Waals surface area contributed by atoms with Gasteiger partial charge in [0.25, 0.3) is 0 Å². The maximum absolute atomic E-state index is 11.4. The Hall–Kier alpha value is -1.55. The van der Waals surface area contributed by atoms with Crippen LogP contribution in [0.2, 0.25) is 0 Å². The highest BCUT2D eigenvalue weighted by Crippen LogP contribution is 2.33. The summed E-state index contributed by atoms with van der Waals surface area (Å²) in [5.74, 6) is -0.322. The number of amides is 1. The first kappa shape index (κ1) is 14.9. The van der Waals surface area contributed by atoms with Gasteiger partial charge in [0.1, 0.15) is 0 Å². The molecule has 2 rings (SSSR count). The molecule has 3 N–H and O–H groups in total. The van der Waals surface area contributed by atoms with Crippen molar-refractivity contribution >= 4 is 11.6 Å². The van der Waals surface area contributed by atoms with E-state index < -0.39 is 6.10 Å². The van der Waals surface area contributed by atoms with E-state index in [0.29, 0.717) is 12.5 Å². The molecule has 1 aromatic rings. The number of aliphatic hydroxyl groups excluding tert-OH is 1. The number of hydrogen-bond donors (Lipinski definition) is 2. The minimum Gasteiger partial charge on any atom is -0.388 e. The van der Waals surface area contributed by atoms with E-state index in [1.165, 1.54) is 12.8 Å². The van der Waals surface area contributed by atoms with Crippen molar-refractivity contribution in [3.05, 3.63) is 29.8 Å². The fraction of sp³-hybridized carbons (Fsp3) is 0.562. The van der Waals surface area contributed by atoms with Crippen LogP contribution in [-0.4, -0.2) is 23.6 Å². The van der Waals surface area contributed by atoms with E-state index >= 15 is 0 Å². The summed E-state index contributed by atoms with van der Waals surface area (Å²) in [7, 11) is 0. The quantitative estimate of drug-likeness (QED) is 0.838. The van der Waals surface area contributed by atoms with Gasteiger partial charge < -0.3 is 15.7 Å². The summed E-state index contributed by atoms with van der Waals surface area (Å²) >= 11 is 0. The molecule has 0 unspecified atom stereocenters. The van der Waals surface area contributed by atoms with Crippen molar-refractivity contribution in [2.24, 2.45) is 5.73 Å². The predicted octanol–water partition coefficient (Wildman–Crippen LogP) is 2.36. The van der Waals surface area contributed by atoms with E-state index in [9.17, 15) is 9.90 Å². The summed E-state index contributed by atoms with van der Waals surface area (Å²) in [6, 6.07) is 8.15. The van der Waals surface area contributed by atoms with E-state index in [-0.39, 0.29) is 12.5 Å². The third kappa shape index (κ3) is 3.31. The Morgan fingerprint density at radius 3 is 2.65 bits per heavy atom. The number of rotatable bonds is 6. The second kappa shape index (κ2) is 6.75. The van der Waals surface area contributed by atoms with Crippen LogP contribution in [0.25, 0.3) is 0 Å². The number of carbonyl (C=O) groups is 1. The molecule has 20 heavy (non-hydrogen) atoms. The van der Waals surface area contributed by atoms with Crippen LogP contribution in [-0.2, 0) is 4.79 Å². The molecule has 0 radical (unpaired) electrons. The highest BCUT2D eigenvalue weighted by molar-refractivity contribution is 5.80. The molecule has 0 aromatic heterocycles. The van der Waals surface area contributed by atoms with Crippen LogP contribution >= 0.6 is 0 Å². The van der Waals surface area contributed by atoms with Gasteiger partial charge in [-0.3, -0.25) is 4.79 Å². The van der Waals surface area contributed by atoms with Gasteiger partial charge in [0.2, 0.25) is 5.91 Å². The van der Waals surface area contributed by atoms with Gasteiger partial charge in [-0.05, 0) is 25.3 Å². The topological polar surface area (TPSA) is 66.6 Å². The van der Waals surface area contributed by atoms with Crippen LogP contribution < -0.4 is 10.6 Å². The van der Waals surface area contributed by atoms with E-state index in [1.54, 1.807) is 0 Å². The maximum Gasteiger partial charge on any atom is 0.236 e. The number of carbonyl (C=O) groups excluding carboxylic acids is 1. The Kier molecular flexibility index (Phi) is 5.01. The van der Waals surface area contributed by atoms with Crippen LogP contribution in [0, 0.1) is 0 Å². The van der Waals surface area contributed by atoms with Crippen LogP contribution in [0.4, 0.5) is 5.69 Å². The maximum atomic E-state index is 11.4. The van der Waals surface area contributed by atoms with Gasteiger partial charge in [-0.1, -0.05) is 38.0 Å². The van der Waals surface area contributed by atoms with Gasteiger partial charge in [0.05, 0.1) is 12.6 Å². The normalized spacial score (nSPS) is 17.1. The zero-order valence-electron chi connectivity index (χ0n) is 12.1. The molecule has 1 aliphatic carbocycles. The predicted molar refractivity (Wildman–Crippen MR) is 80.5 cm³/mol. The summed E-state index contributed by atoms with van der Waals surface area (Å²) in [4.78, 5) is 13.5. The standard InChI is InChI=1S/C16H24N2O2/c1-2-15(19)13-9-5-6-10-14(13)18(11-16(17)20)12-7-3-4-8-12/h5-6,9-10,12,15,19H,2-4,7-8,11H2,1H3,(H2,17,20)/t15-/m1/s1. The fourth-order valence-corrected chi connectivity index (χ4v) is 3.05. The molecular weight excluding hydrogens is 252 g/mol. The lowest BCUT2D eigenvalue weighted by Crippen LogP contribution is -2.40. The largest absolute Gasteiger partial charge is 0.388 e. The Morgan fingerprint density at radius 2 is 2.05 bits per heavy atom. The monoisotopic (exact) mass is 276 g/mol. The van der Waals surface area contributed by atoms with Crippen molar-refractivity contribution in [2.45, 2.75) is 51.2 Å². The lowest BCUT2D eigenvalue weighted by molar-refractivity contribution is -0.116. The van der Waals surface area contributed by atoms with E-state index in [1.807, 2.05) is 31.2 Å². The van der Waals surface area contributed by atoms with Crippen molar-refractivity contribution in [2.75, 3.05) is 11.4 Å². The fourth-order valence-electron chi connectivity index (χ4n) is 3.05. The SMILES string of the molecule is CC[C@@H](O)c1ccccc1N(CC(N)=O)C1CCCC1. The van der Waals surface area contributed by atoms with Gasteiger partial charge in [-0.25, -0.2) is 0 Å². The number of aliphatic hydroxyl groups is 1. The molecule has 0 saturated heterocycles. The summed E-state index contributed by atoms with van der Waals surface area (Å²) in [5, 5.41) is 10.2. The molecule has 1 atom stereocenters. The molecule has 1 amide bonds. The minimum absolute atomic E-state index is 0.220. The third-order valence-electron chi connectivity index (χ3n) is 4.08. The third-order valence-corrected chi connectivity index (χ3v) is 4.08. The van der Waals surface area contributed by atoms with Crippen LogP contribution in [0.3, 0.4) is 0 Å². The Morgan fingerprint density at radius 1 is 1.40 bits per heavy atom. The van der Waals surface area contributed by atoms with Gasteiger partial charge in [0, 0.05) is 17.3 Å². The molecule has 0 spiro atoms. The van der Waals surface area contributed by atoms with E-state index in [2.05, 4.69) is 4.90 Å². The highest BCUT2D eigenvalue weighted by Gasteiger charge is 2.26. The molecule has 0 aliphatic heterocycles. The molecule has 1 aromatic carbocycles. The van der Waals surface area contributed by atoms with Crippen LogP contribution in [0.5, 0.6) is 0 Å². The summed E-state index contributed by atoms with van der Waals surface area (Å²) in [6.07, 6.45) is 4.72. The van der Waals surface area contributed by atoms with E-state index in [0.717, 1.165) is 24.1 Å². The molecule has 0 bridgehead atoms. The Bertz CT molecular complexity index is 456. The molecule has 110 valence electrons. The zero-order valence-corrected chi connectivity index (χ0v) is 12.1. The molecule has 1 aliphatic rings. The lowest BCUT2D eigenvalue weighted by atomic mass is 10.0. The first-order valence-electron chi connectivity index (χ1n) is 7.45. The molecule has 4 heteroatoms. The Labute approximate surface area is 120 Å². The second-order valence-corrected chi connectivity index (χ2v) is 5.52. The highest BCUT2D eigenvalue weighted by atomic mass is 16.3. The number of para-hydroxylation sites is 1. The molecule has 1 saturated carbocycles. The lowest BCUT2D eigenvalue weighted by Gasteiger charge is -2.32. The molecule has 0 heterocycles. The van der Waals surface area contributed by atoms with Crippen molar-refractivity contribution in [1.29, 1.82) is 0 Å². The number of nitrogens with zero attached hydrogens (tertiary/aromatic N) is 1. The van der Waals surface area contributed by atoms with Crippen LogP contribution in [0.1, 0.15) is 50.7 Å². The average molecular weight is 276 g/mol. The average Bonchev–Trinajstić information content (AvgIpc) is 2.97. The van der Waals surface area contributed by atoms with Crippen molar-refractivity contribution in [3.63, 3.8) is 0 Å². The van der Waals surface area contributed by atoms with E-state index in [4.69, 9.17) is 5.73 Å². The van der Waals surface area contributed by atoms with Crippen molar-refractivity contribution < 1.29 is 9.90 Å². The number of nitrogens with two attached hydrogens (primary N) is 1. The summed E-state index contributed by atoms with van der Waals surface area (Å²) in [5.41, 5.74) is 7.26. The number of primary amides is 1. The van der Waals surface area contributed by atoms with Gasteiger partial charge in [-0.15, -0.1) is 0 Å². The van der Waals surface area contributed by atoms with Crippen molar-refractivity contribution in [3.8, 4) is 0 Å².